The number of nitrogens with zero attached hydrogens (tertiary/aromatic N) is 5. The van der Waals surface area contributed by atoms with Gasteiger partial charge >= 0.3 is 0 Å². The van der Waals surface area contributed by atoms with Gasteiger partial charge in [-0.15, -0.1) is 10.2 Å². The van der Waals surface area contributed by atoms with E-state index in [1.807, 2.05) is 29.3 Å². The average molecular weight is 393 g/mol. The normalized spacial score (nSPS) is 13.1. The summed E-state index contributed by atoms with van der Waals surface area (Å²) in [5.41, 5.74) is 2.62. The molecule has 5 nitrogen and oxygen atoms in total. The van der Waals surface area contributed by atoms with Gasteiger partial charge in [-0.1, -0.05) is 6.07 Å². The maximum atomic E-state index is 14.6. The van der Waals surface area contributed by atoms with E-state index in [2.05, 4.69) is 15.2 Å². The smallest absolute Gasteiger partial charge is 0.196 e. The van der Waals surface area contributed by atoms with E-state index in [0.717, 1.165) is 29.5 Å². The maximum absolute atomic E-state index is 14.6. The highest BCUT2D eigenvalue weighted by Crippen LogP contribution is 2.25. The van der Waals surface area contributed by atoms with Gasteiger partial charge in [0.1, 0.15) is 11.6 Å². The zero-order chi connectivity index (χ0) is 20.0. The Balaban J connectivity index is 1.52. The second-order valence-corrected chi connectivity index (χ2v) is 6.81. The quantitative estimate of drug-likeness (QED) is 0.524. The second kappa shape index (κ2) is 6.73. The van der Waals surface area contributed by atoms with Crippen LogP contribution >= 0.6 is 0 Å². The van der Waals surface area contributed by atoms with Crippen molar-refractivity contribution in [3.63, 3.8) is 0 Å². The molecule has 1 aromatic carbocycles. The molecule has 144 valence electrons. The predicted molar refractivity (Wildman–Crippen MR) is 101 cm³/mol. The zero-order valence-electron chi connectivity index (χ0n) is 15.1. The van der Waals surface area contributed by atoms with Crippen LogP contribution in [0.5, 0.6) is 0 Å². The van der Waals surface area contributed by atoms with Crippen LogP contribution in [0.15, 0.2) is 55.0 Å². The lowest BCUT2D eigenvalue weighted by Crippen LogP contribution is -2.21. The molecule has 1 aliphatic heterocycles. The summed E-state index contributed by atoms with van der Waals surface area (Å²) in [6.45, 7) is 1.01. The van der Waals surface area contributed by atoms with Gasteiger partial charge in [0.15, 0.2) is 17.3 Å². The molecule has 0 radical (unpaired) electrons. The first-order valence-electron chi connectivity index (χ1n) is 8.92. The van der Waals surface area contributed by atoms with Crippen molar-refractivity contribution < 1.29 is 13.2 Å². The van der Waals surface area contributed by atoms with Crippen molar-refractivity contribution in [2.75, 3.05) is 0 Å². The fraction of sp³-hybridized carbons (Fsp3) is 0.0952. The topological polar surface area (TPSA) is 46.3 Å². The molecular formula is C21H14F3N5. The summed E-state index contributed by atoms with van der Waals surface area (Å²) in [6, 6.07) is 8.16. The number of rotatable bonds is 3. The average Bonchev–Trinajstić information content (AvgIpc) is 3.10. The van der Waals surface area contributed by atoms with Crippen LogP contribution in [0.2, 0.25) is 0 Å². The zero-order valence-corrected chi connectivity index (χ0v) is 15.1. The number of hydrogen-bond donors (Lipinski definition) is 0. The highest BCUT2D eigenvalue weighted by atomic mass is 19.1. The van der Waals surface area contributed by atoms with Gasteiger partial charge in [-0.3, -0.25) is 9.38 Å². The van der Waals surface area contributed by atoms with Gasteiger partial charge in [0, 0.05) is 36.8 Å². The van der Waals surface area contributed by atoms with Gasteiger partial charge in [0.25, 0.3) is 0 Å². The molecule has 0 amide bonds. The van der Waals surface area contributed by atoms with Crippen molar-refractivity contribution in [1.29, 1.82) is 0 Å². The van der Waals surface area contributed by atoms with Crippen LogP contribution in [0.3, 0.4) is 0 Å². The van der Waals surface area contributed by atoms with Gasteiger partial charge in [0.05, 0.1) is 12.2 Å². The number of benzene rings is 1. The Kier molecular flexibility index (Phi) is 4.04. The summed E-state index contributed by atoms with van der Waals surface area (Å²) >= 11 is 0. The van der Waals surface area contributed by atoms with E-state index in [4.69, 9.17) is 0 Å². The van der Waals surface area contributed by atoms with Crippen LogP contribution in [0, 0.1) is 17.5 Å². The fourth-order valence-corrected chi connectivity index (χ4v) is 3.46. The Bertz CT molecular complexity index is 1240. The molecule has 0 spiro atoms. The Morgan fingerprint density at radius 1 is 0.966 bits per heavy atom. The summed E-state index contributed by atoms with van der Waals surface area (Å²) in [5.74, 6) is -1.56. The first-order valence-corrected chi connectivity index (χ1v) is 8.92. The number of halogens is 3. The van der Waals surface area contributed by atoms with Crippen LogP contribution in [0.4, 0.5) is 13.2 Å². The minimum atomic E-state index is -0.727. The van der Waals surface area contributed by atoms with Gasteiger partial charge in [-0.05, 0) is 41.5 Å². The van der Waals surface area contributed by atoms with E-state index >= 15 is 0 Å². The molecule has 29 heavy (non-hydrogen) atoms. The minimum absolute atomic E-state index is 0.0590. The third-order valence-corrected chi connectivity index (χ3v) is 4.81. The number of aromatic nitrogens is 4. The first-order chi connectivity index (χ1) is 14.1. The SMILES string of the molecule is Fc1cc(F)cc(-c2cc(F)c3nnc(CN4C=Cc5ncccc5C4)n3c2)c1. The van der Waals surface area contributed by atoms with Crippen molar-refractivity contribution in [2.24, 2.45) is 0 Å². The Labute approximate surface area is 163 Å². The van der Waals surface area contributed by atoms with E-state index in [1.54, 1.807) is 12.4 Å². The third kappa shape index (κ3) is 3.22. The molecule has 0 bridgehead atoms. The molecule has 1 aliphatic rings. The number of hydrogen-bond acceptors (Lipinski definition) is 4. The number of fused-ring (bicyclic) bond motifs is 2. The molecule has 0 unspecified atom stereocenters. The molecule has 0 fully saturated rings. The molecule has 0 saturated heterocycles. The van der Waals surface area contributed by atoms with Crippen molar-refractivity contribution in [3.8, 4) is 11.1 Å². The van der Waals surface area contributed by atoms with Crippen LogP contribution in [-0.2, 0) is 13.1 Å². The monoisotopic (exact) mass is 393 g/mol. The molecule has 4 heterocycles. The lowest BCUT2D eigenvalue weighted by molar-refractivity contribution is 0.347. The Morgan fingerprint density at radius 3 is 2.62 bits per heavy atom. The largest absolute Gasteiger partial charge is 0.365 e. The van der Waals surface area contributed by atoms with Crippen molar-refractivity contribution >= 4 is 11.7 Å². The van der Waals surface area contributed by atoms with Crippen LogP contribution in [-0.4, -0.2) is 24.5 Å². The molecule has 0 aliphatic carbocycles. The van der Waals surface area contributed by atoms with E-state index in [9.17, 15) is 13.2 Å². The predicted octanol–water partition coefficient (Wildman–Crippen LogP) is 4.20. The van der Waals surface area contributed by atoms with Crippen molar-refractivity contribution in [3.05, 3.63) is 89.5 Å². The minimum Gasteiger partial charge on any atom is -0.365 e. The molecule has 8 heteroatoms. The van der Waals surface area contributed by atoms with E-state index in [1.165, 1.54) is 10.5 Å². The van der Waals surface area contributed by atoms with Crippen molar-refractivity contribution in [2.45, 2.75) is 13.1 Å². The molecular weight excluding hydrogens is 379 g/mol. The molecule has 4 aromatic rings. The van der Waals surface area contributed by atoms with Crippen LogP contribution < -0.4 is 0 Å². The lowest BCUT2D eigenvalue weighted by Gasteiger charge is -2.23. The van der Waals surface area contributed by atoms with Crippen molar-refractivity contribution in [1.82, 2.24) is 24.5 Å². The summed E-state index contributed by atoms with van der Waals surface area (Å²) in [4.78, 5) is 6.32. The lowest BCUT2D eigenvalue weighted by atomic mass is 10.1. The Morgan fingerprint density at radius 2 is 1.79 bits per heavy atom. The van der Waals surface area contributed by atoms with Crippen LogP contribution in [0.1, 0.15) is 17.1 Å². The first kappa shape index (κ1) is 17.4. The van der Waals surface area contributed by atoms with Gasteiger partial charge in [-0.25, -0.2) is 13.2 Å². The summed E-state index contributed by atoms with van der Waals surface area (Å²) in [6.07, 6.45) is 7.14. The second-order valence-electron chi connectivity index (χ2n) is 6.81. The van der Waals surface area contributed by atoms with E-state index in [0.29, 0.717) is 24.5 Å². The van der Waals surface area contributed by atoms with Gasteiger partial charge < -0.3 is 4.90 Å². The highest BCUT2D eigenvalue weighted by Gasteiger charge is 2.17. The highest BCUT2D eigenvalue weighted by molar-refractivity contribution is 5.65. The summed E-state index contributed by atoms with van der Waals surface area (Å²) in [7, 11) is 0. The van der Waals surface area contributed by atoms with Gasteiger partial charge in [-0.2, -0.15) is 0 Å². The summed E-state index contributed by atoms with van der Waals surface area (Å²) < 4.78 is 43.3. The molecule has 0 atom stereocenters. The standard InChI is InChI=1S/C21H14F3N5/c22-16-6-14(7-17(23)9-16)15-8-18(24)21-27-26-20(29(21)11-15)12-28-5-3-19-13(10-28)2-1-4-25-19/h1-9,11H,10,12H2. The number of pyridine rings is 2. The molecule has 3 aromatic heterocycles. The molecule has 5 rings (SSSR count). The Hall–Kier alpha value is -3.68. The summed E-state index contributed by atoms with van der Waals surface area (Å²) in [5, 5.41) is 8.03. The third-order valence-electron chi connectivity index (χ3n) is 4.81. The van der Waals surface area contributed by atoms with Crippen LogP contribution in [0.25, 0.3) is 22.9 Å². The fourth-order valence-electron chi connectivity index (χ4n) is 3.46. The molecule has 0 N–H and O–H groups in total. The molecule has 0 saturated carbocycles. The maximum Gasteiger partial charge on any atom is 0.196 e. The van der Waals surface area contributed by atoms with E-state index < -0.39 is 17.5 Å². The van der Waals surface area contributed by atoms with E-state index in [-0.39, 0.29) is 11.2 Å². The van der Waals surface area contributed by atoms with Gasteiger partial charge in [0.2, 0.25) is 0 Å².